The van der Waals surface area contributed by atoms with Crippen molar-refractivity contribution in [2.75, 3.05) is 24.2 Å². The highest BCUT2D eigenvalue weighted by atomic mass is 35.5. The molecule has 0 spiro atoms. The number of hydrogen-bond donors (Lipinski definition) is 1. The van der Waals surface area contributed by atoms with Gasteiger partial charge in [0.15, 0.2) is 0 Å². The first kappa shape index (κ1) is 31.0. The Hall–Kier alpha value is -3.56. The summed E-state index contributed by atoms with van der Waals surface area (Å²) in [6.07, 6.45) is 1.26. The van der Waals surface area contributed by atoms with Crippen molar-refractivity contribution in [3.8, 4) is 5.75 Å². The molecule has 0 bridgehead atoms. The zero-order valence-corrected chi connectivity index (χ0v) is 25.0. The van der Waals surface area contributed by atoms with Crippen molar-refractivity contribution in [2.45, 2.75) is 45.8 Å². The molecule has 3 aromatic rings. The molecule has 3 rings (SSSR count). The molecule has 0 saturated carbocycles. The van der Waals surface area contributed by atoms with Gasteiger partial charge in [0.1, 0.15) is 18.3 Å². The predicted molar refractivity (Wildman–Crippen MR) is 159 cm³/mol. The first-order chi connectivity index (χ1) is 18.9. The molecule has 1 N–H and O–H groups in total. The summed E-state index contributed by atoms with van der Waals surface area (Å²) in [7, 11) is -2.48. The Labute approximate surface area is 241 Å². The number of nitrogens with zero attached hydrogens (tertiary/aromatic N) is 2. The second kappa shape index (κ2) is 13.7. The van der Waals surface area contributed by atoms with Crippen LogP contribution in [0.3, 0.4) is 0 Å². The second-order valence-electron chi connectivity index (χ2n) is 9.93. The number of hydrogen-bond acceptors (Lipinski definition) is 5. The quantitative estimate of drug-likeness (QED) is 0.335. The van der Waals surface area contributed by atoms with Crippen LogP contribution in [0.15, 0.2) is 72.8 Å². The number of carbonyl (C=O) groups excluding carboxylic acids is 2. The van der Waals surface area contributed by atoms with Crippen LogP contribution in [0.25, 0.3) is 0 Å². The van der Waals surface area contributed by atoms with E-state index in [-0.39, 0.29) is 30.6 Å². The molecule has 0 saturated heterocycles. The van der Waals surface area contributed by atoms with Gasteiger partial charge in [-0.2, -0.15) is 0 Å². The van der Waals surface area contributed by atoms with Crippen LogP contribution < -0.4 is 14.4 Å². The van der Waals surface area contributed by atoms with Gasteiger partial charge in [0.05, 0.1) is 19.1 Å². The van der Waals surface area contributed by atoms with Gasteiger partial charge in [-0.25, -0.2) is 8.42 Å². The summed E-state index contributed by atoms with van der Waals surface area (Å²) in [6, 6.07) is 20.4. The van der Waals surface area contributed by atoms with Gasteiger partial charge < -0.3 is 15.0 Å². The predicted octanol–water partition coefficient (Wildman–Crippen LogP) is 4.59. The molecule has 0 aliphatic heterocycles. The Morgan fingerprint density at radius 1 is 1.00 bits per heavy atom. The lowest BCUT2D eigenvalue weighted by molar-refractivity contribution is -0.140. The van der Waals surface area contributed by atoms with Crippen LogP contribution in [-0.4, -0.2) is 57.1 Å². The molecular formula is C30H36ClN3O5S. The molecule has 214 valence electrons. The number of sulfonamides is 1. The fourth-order valence-electron chi connectivity index (χ4n) is 4.33. The number of methoxy groups -OCH3 is 1. The normalized spacial score (nSPS) is 12.1. The van der Waals surface area contributed by atoms with Gasteiger partial charge in [-0.15, -0.1) is 0 Å². The Morgan fingerprint density at radius 3 is 2.25 bits per heavy atom. The first-order valence-electron chi connectivity index (χ1n) is 12.9. The summed E-state index contributed by atoms with van der Waals surface area (Å²) >= 11 is 6.47. The fourth-order valence-corrected chi connectivity index (χ4v) is 5.37. The summed E-state index contributed by atoms with van der Waals surface area (Å²) in [6.45, 7) is 4.97. The molecule has 3 aromatic carbocycles. The topological polar surface area (TPSA) is 96.0 Å². The number of aryl methyl sites for hydroxylation is 1. The standard InChI is InChI=1S/C30H36ClN3O5S/c1-21(2)32-30(36)27(18-23-11-7-6-8-12-23)33(19-24-13-9-10-14-25(24)31)29(35)20-34(40(5,37)38)26-17-22(3)15-16-28(26)39-4/h6-17,21,27H,18-20H2,1-5H3,(H,32,36)/t27-/m1/s1. The Bertz CT molecular complexity index is 1430. The van der Waals surface area contributed by atoms with Crippen molar-refractivity contribution in [2.24, 2.45) is 0 Å². The monoisotopic (exact) mass is 585 g/mol. The number of halogens is 1. The molecule has 40 heavy (non-hydrogen) atoms. The van der Waals surface area contributed by atoms with E-state index in [1.807, 2.05) is 51.1 Å². The van der Waals surface area contributed by atoms with Gasteiger partial charge >= 0.3 is 0 Å². The van der Waals surface area contributed by atoms with Crippen molar-refractivity contribution < 1.29 is 22.7 Å². The smallest absolute Gasteiger partial charge is 0.244 e. The molecule has 10 heteroatoms. The van der Waals surface area contributed by atoms with Crippen LogP contribution in [0.5, 0.6) is 5.75 Å². The van der Waals surface area contributed by atoms with E-state index in [2.05, 4.69) is 5.32 Å². The maximum absolute atomic E-state index is 14.2. The van der Waals surface area contributed by atoms with E-state index < -0.39 is 28.5 Å². The van der Waals surface area contributed by atoms with Crippen LogP contribution in [0.2, 0.25) is 5.02 Å². The van der Waals surface area contributed by atoms with Gasteiger partial charge in [0.25, 0.3) is 0 Å². The van der Waals surface area contributed by atoms with Crippen LogP contribution in [0, 0.1) is 6.92 Å². The summed E-state index contributed by atoms with van der Waals surface area (Å²) in [5.74, 6) is -0.605. The minimum Gasteiger partial charge on any atom is -0.495 e. The molecule has 0 heterocycles. The number of amides is 2. The largest absolute Gasteiger partial charge is 0.495 e. The minimum atomic E-state index is -3.92. The maximum Gasteiger partial charge on any atom is 0.244 e. The molecule has 0 aromatic heterocycles. The van der Waals surface area contributed by atoms with Crippen molar-refractivity contribution >= 4 is 39.1 Å². The summed E-state index contributed by atoms with van der Waals surface area (Å²) in [5.41, 5.74) is 2.51. The van der Waals surface area contributed by atoms with E-state index in [9.17, 15) is 18.0 Å². The highest BCUT2D eigenvalue weighted by molar-refractivity contribution is 7.92. The number of anilines is 1. The van der Waals surface area contributed by atoms with Crippen LogP contribution in [0.4, 0.5) is 5.69 Å². The van der Waals surface area contributed by atoms with Gasteiger partial charge in [-0.3, -0.25) is 13.9 Å². The Balaban J connectivity index is 2.11. The minimum absolute atomic E-state index is 0.00404. The number of ether oxygens (including phenoxy) is 1. The fraction of sp³-hybridized carbons (Fsp3) is 0.333. The summed E-state index contributed by atoms with van der Waals surface area (Å²) in [4.78, 5) is 29.1. The van der Waals surface area contributed by atoms with E-state index in [1.165, 1.54) is 12.0 Å². The number of nitrogens with one attached hydrogen (secondary N) is 1. The van der Waals surface area contributed by atoms with Crippen molar-refractivity contribution in [3.05, 3.63) is 94.5 Å². The average molecular weight is 586 g/mol. The van der Waals surface area contributed by atoms with E-state index >= 15 is 0 Å². The zero-order valence-electron chi connectivity index (χ0n) is 23.4. The van der Waals surface area contributed by atoms with Gasteiger partial charge in [-0.05, 0) is 55.7 Å². The van der Waals surface area contributed by atoms with Gasteiger partial charge in [-0.1, -0.05) is 66.2 Å². The van der Waals surface area contributed by atoms with Crippen molar-refractivity contribution in [3.63, 3.8) is 0 Å². The number of rotatable bonds is 12. The molecular weight excluding hydrogens is 550 g/mol. The lowest BCUT2D eigenvalue weighted by atomic mass is 10.0. The Kier molecular flexibility index (Phi) is 10.6. The van der Waals surface area contributed by atoms with E-state index in [0.29, 0.717) is 16.3 Å². The van der Waals surface area contributed by atoms with Crippen molar-refractivity contribution in [1.29, 1.82) is 0 Å². The molecule has 0 radical (unpaired) electrons. The Morgan fingerprint density at radius 2 is 1.65 bits per heavy atom. The van der Waals surface area contributed by atoms with Crippen LogP contribution >= 0.6 is 11.6 Å². The highest BCUT2D eigenvalue weighted by Gasteiger charge is 2.34. The van der Waals surface area contributed by atoms with Gasteiger partial charge in [0, 0.05) is 24.0 Å². The first-order valence-corrected chi connectivity index (χ1v) is 15.1. The second-order valence-corrected chi connectivity index (χ2v) is 12.2. The SMILES string of the molecule is COc1ccc(C)cc1N(CC(=O)N(Cc1ccccc1Cl)[C@H](Cc1ccccc1)C(=O)NC(C)C)S(C)(=O)=O. The third-order valence-electron chi connectivity index (χ3n) is 6.28. The zero-order chi connectivity index (χ0) is 29.4. The average Bonchev–Trinajstić information content (AvgIpc) is 2.89. The third kappa shape index (κ3) is 8.22. The molecule has 0 unspecified atom stereocenters. The van der Waals surface area contributed by atoms with E-state index in [4.69, 9.17) is 16.3 Å². The lowest BCUT2D eigenvalue weighted by Gasteiger charge is -2.34. The van der Waals surface area contributed by atoms with Crippen LogP contribution in [-0.2, 0) is 32.6 Å². The van der Waals surface area contributed by atoms with Crippen LogP contribution in [0.1, 0.15) is 30.5 Å². The maximum atomic E-state index is 14.2. The molecule has 0 fully saturated rings. The molecule has 1 atom stereocenters. The van der Waals surface area contributed by atoms with E-state index in [1.54, 1.807) is 42.5 Å². The summed E-state index contributed by atoms with van der Waals surface area (Å²) in [5, 5.41) is 3.36. The molecule has 0 aliphatic rings. The summed E-state index contributed by atoms with van der Waals surface area (Å²) < 4.78 is 32.5. The van der Waals surface area contributed by atoms with E-state index in [0.717, 1.165) is 21.7 Å². The number of carbonyl (C=O) groups is 2. The lowest BCUT2D eigenvalue weighted by Crippen LogP contribution is -2.54. The highest BCUT2D eigenvalue weighted by Crippen LogP contribution is 2.31. The number of benzene rings is 3. The van der Waals surface area contributed by atoms with Crippen molar-refractivity contribution in [1.82, 2.24) is 10.2 Å². The molecule has 8 nitrogen and oxygen atoms in total. The molecule has 0 aliphatic carbocycles. The molecule has 2 amide bonds. The van der Waals surface area contributed by atoms with Gasteiger partial charge in [0.2, 0.25) is 21.8 Å². The third-order valence-corrected chi connectivity index (χ3v) is 7.78.